The van der Waals surface area contributed by atoms with Crippen molar-refractivity contribution in [2.24, 2.45) is 7.05 Å². The van der Waals surface area contributed by atoms with Crippen LogP contribution in [0.15, 0.2) is 26.2 Å². The maximum absolute atomic E-state index is 12.6. The molecule has 1 amide bonds. The third kappa shape index (κ3) is 3.03. The minimum absolute atomic E-state index is 0.182. The van der Waals surface area contributed by atoms with E-state index in [-0.39, 0.29) is 19.0 Å². The molecule has 0 spiro atoms. The van der Waals surface area contributed by atoms with Crippen molar-refractivity contribution < 1.29 is 13.2 Å². The van der Waals surface area contributed by atoms with Crippen LogP contribution in [0.3, 0.4) is 0 Å². The fourth-order valence-electron chi connectivity index (χ4n) is 2.54. The Morgan fingerprint density at radius 2 is 1.96 bits per heavy atom. The van der Waals surface area contributed by atoms with Crippen LogP contribution in [0.1, 0.15) is 16.2 Å². The highest BCUT2D eigenvalue weighted by molar-refractivity contribution is 9.10. The maximum atomic E-state index is 12.6. The van der Waals surface area contributed by atoms with Gasteiger partial charge >= 0.3 is 0 Å². The first-order valence-corrected chi connectivity index (χ1v) is 10.5. The molecule has 0 radical (unpaired) electrons. The van der Waals surface area contributed by atoms with Crippen molar-refractivity contribution in [3.8, 4) is 0 Å². The van der Waals surface area contributed by atoms with Crippen molar-refractivity contribution in [3.63, 3.8) is 0 Å². The van der Waals surface area contributed by atoms with E-state index in [1.807, 2.05) is 6.92 Å². The van der Waals surface area contributed by atoms with E-state index < -0.39 is 10.0 Å². The van der Waals surface area contributed by atoms with Crippen LogP contribution < -0.4 is 0 Å². The Bertz CT molecular complexity index is 853. The largest absolute Gasteiger partial charge is 0.335 e. The van der Waals surface area contributed by atoms with Gasteiger partial charge in [0, 0.05) is 33.2 Å². The minimum Gasteiger partial charge on any atom is -0.335 e. The van der Waals surface area contributed by atoms with Crippen molar-refractivity contribution >= 4 is 43.2 Å². The topological polar surface area (TPSA) is 75.5 Å². The van der Waals surface area contributed by atoms with Gasteiger partial charge in [-0.3, -0.25) is 9.48 Å². The number of hydrogen-bond donors (Lipinski definition) is 0. The number of rotatable bonds is 3. The molecule has 0 N–H and O–H groups in total. The Kier molecular flexibility index (Phi) is 4.82. The zero-order valence-corrected chi connectivity index (χ0v) is 16.5. The average Bonchev–Trinajstić information content (AvgIpc) is 3.20. The zero-order valence-electron chi connectivity index (χ0n) is 13.3. The van der Waals surface area contributed by atoms with Gasteiger partial charge in [-0.25, -0.2) is 8.42 Å². The van der Waals surface area contributed by atoms with Gasteiger partial charge < -0.3 is 4.90 Å². The molecule has 0 aliphatic carbocycles. The number of sulfonamides is 1. The molecular weight excluding hydrogens is 416 g/mol. The van der Waals surface area contributed by atoms with Crippen LogP contribution in [0.25, 0.3) is 0 Å². The molecule has 1 fully saturated rings. The number of thiophene rings is 1. The summed E-state index contributed by atoms with van der Waals surface area (Å²) in [5.41, 5.74) is 1.24. The van der Waals surface area contributed by atoms with Crippen molar-refractivity contribution in [1.29, 1.82) is 0 Å². The van der Waals surface area contributed by atoms with Crippen molar-refractivity contribution in [2.45, 2.75) is 11.1 Å². The van der Waals surface area contributed by atoms with E-state index in [0.29, 0.717) is 27.5 Å². The number of nitrogens with zero attached hydrogens (tertiary/aromatic N) is 4. The van der Waals surface area contributed by atoms with Gasteiger partial charge in [0.2, 0.25) is 0 Å². The summed E-state index contributed by atoms with van der Waals surface area (Å²) < 4.78 is 29.1. The lowest BCUT2D eigenvalue weighted by molar-refractivity contribution is 0.0690. The molecule has 0 saturated carbocycles. The highest BCUT2D eigenvalue weighted by atomic mass is 79.9. The molecule has 0 bridgehead atoms. The van der Waals surface area contributed by atoms with E-state index in [4.69, 9.17) is 0 Å². The lowest BCUT2D eigenvalue weighted by atomic mass is 10.3. The first-order chi connectivity index (χ1) is 11.3. The van der Waals surface area contributed by atoms with Gasteiger partial charge in [0.15, 0.2) is 5.69 Å². The molecule has 1 aliphatic rings. The van der Waals surface area contributed by atoms with Crippen molar-refractivity contribution in [3.05, 3.63) is 33.4 Å². The fraction of sp³-hybridized carbons (Fsp3) is 0.429. The molecule has 2 aromatic heterocycles. The quantitative estimate of drug-likeness (QED) is 0.739. The SMILES string of the molecule is Cc1c(Br)c(C(=O)N2CCN(S(=O)(=O)c3cccs3)CC2)nn1C. The molecule has 0 aromatic carbocycles. The van der Waals surface area contributed by atoms with E-state index in [9.17, 15) is 13.2 Å². The normalized spacial score (nSPS) is 16.5. The maximum Gasteiger partial charge on any atom is 0.275 e. The Morgan fingerprint density at radius 3 is 2.46 bits per heavy atom. The van der Waals surface area contributed by atoms with Gasteiger partial charge in [-0.15, -0.1) is 11.3 Å². The fourth-order valence-corrected chi connectivity index (χ4v) is 5.61. The Balaban J connectivity index is 1.71. The standard InChI is InChI=1S/C14H17BrN4O3S2/c1-10-12(15)13(16-17(10)2)14(20)18-5-7-19(8-6-18)24(21,22)11-4-3-9-23-11/h3-4,9H,5-8H2,1-2H3. The van der Waals surface area contributed by atoms with Gasteiger partial charge in [0.1, 0.15) is 4.21 Å². The van der Waals surface area contributed by atoms with Crippen molar-refractivity contribution in [2.75, 3.05) is 26.2 Å². The van der Waals surface area contributed by atoms with E-state index in [1.54, 1.807) is 34.1 Å². The summed E-state index contributed by atoms with van der Waals surface area (Å²) in [5, 5.41) is 5.99. The average molecular weight is 433 g/mol. The zero-order chi connectivity index (χ0) is 17.5. The number of carbonyl (C=O) groups is 1. The van der Waals surface area contributed by atoms with Crippen LogP contribution in [0.5, 0.6) is 0 Å². The predicted molar refractivity (Wildman–Crippen MR) is 94.6 cm³/mol. The number of carbonyl (C=O) groups excluding carboxylic acids is 1. The van der Waals surface area contributed by atoms with E-state index in [1.165, 1.54) is 15.6 Å². The highest BCUT2D eigenvalue weighted by Gasteiger charge is 2.32. The third-order valence-electron chi connectivity index (χ3n) is 4.08. The van der Waals surface area contributed by atoms with E-state index in [0.717, 1.165) is 5.69 Å². The Morgan fingerprint density at radius 1 is 1.29 bits per heavy atom. The van der Waals surface area contributed by atoms with Crippen LogP contribution in [-0.2, 0) is 17.1 Å². The van der Waals surface area contributed by atoms with Crippen molar-refractivity contribution in [1.82, 2.24) is 19.0 Å². The summed E-state index contributed by atoms with van der Waals surface area (Å²) in [6.45, 7) is 3.15. The van der Waals surface area contributed by atoms with Gasteiger partial charge in [0.05, 0.1) is 10.2 Å². The highest BCUT2D eigenvalue weighted by Crippen LogP contribution is 2.24. The first kappa shape index (κ1) is 17.6. The van der Waals surface area contributed by atoms with Crippen LogP contribution >= 0.6 is 27.3 Å². The molecule has 0 atom stereocenters. The summed E-state index contributed by atoms with van der Waals surface area (Å²) in [5.74, 6) is -0.182. The van der Waals surface area contributed by atoms with Crippen LogP contribution in [-0.4, -0.2) is 59.5 Å². The van der Waals surface area contributed by atoms with Gasteiger partial charge in [-0.2, -0.15) is 9.40 Å². The van der Waals surface area contributed by atoms with Crippen LogP contribution in [0, 0.1) is 6.92 Å². The summed E-state index contributed by atoms with van der Waals surface area (Å²) in [6, 6.07) is 3.32. The molecule has 24 heavy (non-hydrogen) atoms. The second-order valence-corrected chi connectivity index (χ2v) is 9.41. The number of aromatic nitrogens is 2. The molecule has 3 heterocycles. The molecule has 7 nitrogen and oxygen atoms in total. The third-order valence-corrected chi connectivity index (χ3v) is 8.30. The predicted octanol–water partition coefficient (Wildman–Crippen LogP) is 1.70. The smallest absolute Gasteiger partial charge is 0.275 e. The molecule has 0 unspecified atom stereocenters. The molecule has 1 saturated heterocycles. The number of amides is 1. The minimum atomic E-state index is -3.46. The number of aryl methyl sites for hydroxylation is 1. The van der Waals surface area contributed by atoms with Gasteiger partial charge in [-0.1, -0.05) is 6.07 Å². The molecule has 1 aliphatic heterocycles. The lowest BCUT2D eigenvalue weighted by Crippen LogP contribution is -2.50. The molecular formula is C14H17BrN4O3S2. The number of piperazine rings is 1. The molecule has 10 heteroatoms. The Hall–Kier alpha value is -1.23. The summed E-state index contributed by atoms with van der Waals surface area (Å²) in [7, 11) is -1.68. The van der Waals surface area contributed by atoms with E-state index in [2.05, 4.69) is 21.0 Å². The number of halogens is 1. The number of hydrogen-bond acceptors (Lipinski definition) is 5. The second-order valence-electron chi connectivity index (χ2n) is 5.50. The first-order valence-electron chi connectivity index (χ1n) is 7.34. The summed E-state index contributed by atoms with van der Waals surface area (Å²) >= 11 is 4.61. The Labute approximate surface area is 153 Å². The summed E-state index contributed by atoms with van der Waals surface area (Å²) in [6.07, 6.45) is 0. The summed E-state index contributed by atoms with van der Waals surface area (Å²) in [4.78, 5) is 14.3. The van der Waals surface area contributed by atoms with Gasteiger partial charge in [0.25, 0.3) is 15.9 Å². The second kappa shape index (κ2) is 6.58. The molecule has 2 aromatic rings. The van der Waals surface area contributed by atoms with Crippen LogP contribution in [0.4, 0.5) is 0 Å². The lowest BCUT2D eigenvalue weighted by Gasteiger charge is -2.33. The van der Waals surface area contributed by atoms with Crippen LogP contribution in [0.2, 0.25) is 0 Å². The monoisotopic (exact) mass is 432 g/mol. The molecule has 130 valence electrons. The van der Waals surface area contributed by atoms with Gasteiger partial charge in [-0.05, 0) is 34.3 Å². The molecule has 3 rings (SSSR count). The van der Waals surface area contributed by atoms with E-state index >= 15 is 0 Å².